The van der Waals surface area contributed by atoms with Gasteiger partial charge in [-0.2, -0.15) is 0 Å². The maximum Gasteiger partial charge on any atom is 0.258 e. The van der Waals surface area contributed by atoms with E-state index in [1.807, 2.05) is 0 Å². The molecule has 1 aliphatic heterocycles. The fraction of sp³-hybridized carbons (Fsp3) is 0.167. The van der Waals surface area contributed by atoms with Gasteiger partial charge < -0.3 is 5.32 Å². The monoisotopic (exact) mass is 405 g/mol. The molecular formula is C18H16FN3O5S. The quantitative estimate of drug-likeness (QED) is 0.453. The molecule has 0 bridgehead atoms. The van der Waals surface area contributed by atoms with Crippen molar-refractivity contribution in [3.8, 4) is 0 Å². The van der Waals surface area contributed by atoms with Crippen LogP contribution in [0, 0.1) is 5.82 Å². The number of carbonyl (C=O) groups is 3. The van der Waals surface area contributed by atoms with E-state index in [2.05, 4.69) is 15.4 Å². The first-order valence-corrected chi connectivity index (χ1v) is 9.75. The minimum atomic E-state index is -3.93. The SMILES string of the molecule is O=C(Cc1cccc(F)c1)NCCNS(=O)(=O)c1ccc2c(c1)C(=O)NC2=O. The molecule has 1 aliphatic rings. The van der Waals surface area contributed by atoms with Crippen LogP contribution in [0.15, 0.2) is 47.4 Å². The Labute approximate surface area is 160 Å². The second-order valence-electron chi connectivity index (χ2n) is 6.05. The van der Waals surface area contributed by atoms with Crippen LogP contribution in [0.5, 0.6) is 0 Å². The summed E-state index contributed by atoms with van der Waals surface area (Å²) in [5.41, 5.74) is 0.619. The van der Waals surface area contributed by atoms with Crippen LogP contribution in [-0.2, 0) is 21.2 Å². The molecule has 3 amide bonds. The largest absolute Gasteiger partial charge is 0.355 e. The predicted octanol–water partition coefficient (Wildman–Crippen LogP) is 0.346. The Hall–Kier alpha value is -3.11. The highest BCUT2D eigenvalue weighted by Crippen LogP contribution is 2.20. The lowest BCUT2D eigenvalue weighted by Crippen LogP contribution is -2.35. The van der Waals surface area contributed by atoms with Crippen LogP contribution in [0.1, 0.15) is 26.3 Å². The van der Waals surface area contributed by atoms with Crippen LogP contribution in [0.3, 0.4) is 0 Å². The Balaban J connectivity index is 1.53. The summed E-state index contributed by atoms with van der Waals surface area (Å²) in [6, 6.07) is 9.25. The number of amides is 3. The van der Waals surface area contributed by atoms with Crippen LogP contribution >= 0.6 is 0 Å². The molecule has 3 N–H and O–H groups in total. The average Bonchev–Trinajstić information content (AvgIpc) is 2.92. The molecule has 3 rings (SSSR count). The van der Waals surface area contributed by atoms with Crippen molar-refractivity contribution in [3.63, 3.8) is 0 Å². The Kier molecular flexibility index (Phi) is 5.52. The molecule has 0 aliphatic carbocycles. The number of sulfonamides is 1. The van der Waals surface area contributed by atoms with E-state index >= 15 is 0 Å². The van der Waals surface area contributed by atoms with Gasteiger partial charge in [0.25, 0.3) is 11.8 Å². The molecule has 0 radical (unpaired) electrons. The van der Waals surface area contributed by atoms with Crippen molar-refractivity contribution in [2.45, 2.75) is 11.3 Å². The Morgan fingerprint density at radius 1 is 1.00 bits per heavy atom. The smallest absolute Gasteiger partial charge is 0.258 e. The molecule has 0 aromatic heterocycles. The number of hydrogen-bond donors (Lipinski definition) is 3. The van der Waals surface area contributed by atoms with Crippen LogP contribution in [-0.4, -0.2) is 39.2 Å². The summed E-state index contributed by atoms with van der Waals surface area (Å²) in [7, 11) is -3.93. The molecule has 0 spiro atoms. The van der Waals surface area contributed by atoms with Gasteiger partial charge in [0, 0.05) is 13.1 Å². The van der Waals surface area contributed by atoms with Gasteiger partial charge in [-0.1, -0.05) is 12.1 Å². The summed E-state index contributed by atoms with van der Waals surface area (Å²) >= 11 is 0. The average molecular weight is 405 g/mol. The first kappa shape index (κ1) is 19.6. The van der Waals surface area contributed by atoms with Gasteiger partial charge in [-0.05, 0) is 35.9 Å². The van der Waals surface area contributed by atoms with Gasteiger partial charge in [0.2, 0.25) is 15.9 Å². The van der Waals surface area contributed by atoms with Crippen molar-refractivity contribution in [2.75, 3.05) is 13.1 Å². The second kappa shape index (κ2) is 7.87. The molecule has 146 valence electrons. The summed E-state index contributed by atoms with van der Waals surface area (Å²) in [6.45, 7) is -0.0588. The van der Waals surface area contributed by atoms with Crippen LogP contribution in [0.4, 0.5) is 4.39 Å². The van der Waals surface area contributed by atoms with Gasteiger partial charge in [0.05, 0.1) is 22.4 Å². The molecule has 28 heavy (non-hydrogen) atoms. The van der Waals surface area contributed by atoms with E-state index in [1.165, 1.54) is 30.3 Å². The number of hydrogen-bond acceptors (Lipinski definition) is 5. The van der Waals surface area contributed by atoms with E-state index in [1.54, 1.807) is 6.07 Å². The first-order chi connectivity index (χ1) is 13.3. The molecule has 0 atom stereocenters. The molecule has 0 saturated heterocycles. The third kappa shape index (κ3) is 4.41. The first-order valence-electron chi connectivity index (χ1n) is 8.27. The molecule has 0 saturated carbocycles. The normalized spacial score (nSPS) is 13.2. The molecule has 1 heterocycles. The van der Waals surface area contributed by atoms with Crippen molar-refractivity contribution >= 4 is 27.7 Å². The highest BCUT2D eigenvalue weighted by molar-refractivity contribution is 7.89. The van der Waals surface area contributed by atoms with E-state index < -0.39 is 27.7 Å². The van der Waals surface area contributed by atoms with Crippen molar-refractivity contribution in [2.24, 2.45) is 0 Å². The minimum absolute atomic E-state index is 0.00345. The predicted molar refractivity (Wildman–Crippen MR) is 96.5 cm³/mol. The summed E-state index contributed by atoms with van der Waals surface area (Å²) in [5.74, 6) is -2.04. The third-order valence-corrected chi connectivity index (χ3v) is 5.47. The van der Waals surface area contributed by atoms with E-state index in [0.717, 1.165) is 6.07 Å². The van der Waals surface area contributed by atoms with Gasteiger partial charge in [-0.3, -0.25) is 19.7 Å². The highest BCUT2D eigenvalue weighted by Gasteiger charge is 2.28. The number of carbonyl (C=O) groups excluding carboxylic acids is 3. The molecule has 0 fully saturated rings. The third-order valence-electron chi connectivity index (χ3n) is 4.01. The standard InChI is InChI=1S/C18H16FN3O5S/c19-12-3-1-2-11(8-12)9-16(23)20-6-7-21-28(26,27)13-4-5-14-15(10-13)18(25)22-17(14)24/h1-5,8,10,21H,6-7,9H2,(H,20,23)(H,22,24,25). The van der Waals surface area contributed by atoms with Crippen LogP contribution in [0.2, 0.25) is 0 Å². The van der Waals surface area contributed by atoms with Gasteiger partial charge in [0.15, 0.2) is 0 Å². The molecule has 8 nitrogen and oxygen atoms in total. The Bertz CT molecular complexity index is 1070. The minimum Gasteiger partial charge on any atom is -0.355 e. The zero-order valence-corrected chi connectivity index (χ0v) is 15.3. The van der Waals surface area contributed by atoms with E-state index in [-0.39, 0.29) is 41.4 Å². The van der Waals surface area contributed by atoms with Crippen molar-refractivity contribution in [1.82, 2.24) is 15.4 Å². The Morgan fingerprint density at radius 3 is 2.50 bits per heavy atom. The van der Waals surface area contributed by atoms with E-state index in [9.17, 15) is 27.2 Å². The molecule has 10 heteroatoms. The van der Waals surface area contributed by atoms with Gasteiger partial charge >= 0.3 is 0 Å². The fourth-order valence-electron chi connectivity index (χ4n) is 2.68. The summed E-state index contributed by atoms with van der Waals surface area (Å²) in [5, 5.41) is 4.62. The van der Waals surface area contributed by atoms with Gasteiger partial charge in [0.1, 0.15) is 5.82 Å². The highest BCUT2D eigenvalue weighted by atomic mass is 32.2. The lowest BCUT2D eigenvalue weighted by atomic mass is 10.1. The second-order valence-corrected chi connectivity index (χ2v) is 7.81. The lowest BCUT2D eigenvalue weighted by Gasteiger charge is -2.09. The van der Waals surface area contributed by atoms with E-state index in [0.29, 0.717) is 5.56 Å². The molecular weight excluding hydrogens is 389 g/mol. The van der Waals surface area contributed by atoms with Crippen molar-refractivity contribution in [3.05, 3.63) is 65.0 Å². The number of fused-ring (bicyclic) bond motifs is 1. The summed E-state index contributed by atoms with van der Waals surface area (Å²) in [6.07, 6.45) is -0.0293. The van der Waals surface area contributed by atoms with Crippen LogP contribution < -0.4 is 15.4 Å². The number of imide groups is 1. The van der Waals surface area contributed by atoms with Crippen molar-refractivity contribution in [1.29, 1.82) is 0 Å². The fourth-order valence-corrected chi connectivity index (χ4v) is 3.74. The molecule has 2 aromatic rings. The summed E-state index contributed by atoms with van der Waals surface area (Å²) < 4.78 is 40.0. The van der Waals surface area contributed by atoms with Gasteiger partial charge in [-0.25, -0.2) is 17.5 Å². The van der Waals surface area contributed by atoms with E-state index in [4.69, 9.17) is 0 Å². The Morgan fingerprint density at radius 2 is 1.75 bits per heavy atom. The number of benzene rings is 2. The number of halogens is 1. The molecule has 0 unspecified atom stereocenters. The lowest BCUT2D eigenvalue weighted by molar-refractivity contribution is -0.120. The maximum absolute atomic E-state index is 13.1. The number of nitrogens with one attached hydrogen (secondary N) is 3. The topological polar surface area (TPSA) is 121 Å². The number of rotatable bonds is 7. The van der Waals surface area contributed by atoms with Crippen molar-refractivity contribution < 1.29 is 27.2 Å². The maximum atomic E-state index is 13.1. The summed E-state index contributed by atoms with van der Waals surface area (Å²) in [4.78, 5) is 34.8. The molecule has 2 aromatic carbocycles. The zero-order valence-electron chi connectivity index (χ0n) is 14.5. The van der Waals surface area contributed by atoms with Gasteiger partial charge in [-0.15, -0.1) is 0 Å². The van der Waals surface area contributed by atoms with Crippen LogP contribution in [0.25, 0.3) is 0 Å². The zero-order chi connectivity index (χ0) is 20.3.